The topological polar surface area (TPSA) is 66.8 Å². The van der Waals surface area contributed by atoms with Gasteiger partial charge in [-0.1, -0.05) is 43.6 Å². The minimum atomic E-state index is -1.42. The molecule has 0 fully saturated rings. The number of benzene rings is 1. The van der Waals surface area contributed by atoms with Crippen LogP contribution in [0.3, 0.4) is 0 Å². The van der Waals surface area contributed by atoms with E-state index in [0.29, 0.717) is 19.3 Å². The SMILES string of the molecule is CCC(O)(O)CC.COC(=O)CCCc1ccccc1Cl. The molecule has 0 amide bonds. The molecule has 5 heteroatoms. The minimum Gasteiger partial charge on any atom is -0.469 e. The molecule has 0 radical (unpaired) electrons. The Morgan fingerprint density at radius 2 is 1.81 bits per heavy atom. The second kappa shape index (κ2) is 10.6. The molecule has 1 rings (SSSR count). The van der Waals surface area contributed by atoms with Crippen LogP contribution in [-0.2, 0) is 16.0 Å². The Hall–Kier alpha value is -1.10. The smallest absolute Gasteiger partial charge is 0.305 e. The third-order valence-corrected chi connectivity index (χ3v) is 3.51. The summed E-state index contributed by atoms with van der Waals surface area (Å²) in [5.74, 6) is -1.59. The molecule has 0 aliphatic heterocycles. The molecular formula is C16H25ClO4. The average Bonchev–Trinajstić information content (AvgIpc) is 2.49. The molecule has 0 unspecified atom stereocenters. The number of methoxy groups -OCH3 is 1. The fourth-order valence-corrected chi connectivity index (χ4v) is 1.71. The summed E-state index contributed by atoms with van der Waals surface area (Å²) >= 11 is 5.96. The van der Waals surface area contributed by atoms with E-state index < -0.39 is 5.79 Å². The van der Waals surface area contributed by atoms with E-state index in [9.17, 15) is 4.79 Å². The Morgan fingerprint density at radius 3 is 2.24 bits per heavy atom. The lowest BCUT2D eigenvalue weighted by atomic mass is 10.1. The van der Waals surface area contributed by atoms with Gasteiger partial charge in [-0.3, -0.25) is 4.79 Å². The molecule has 2 N–H and O–H groups in total. The van der Waals surface area contributed by atoms with Crippen molar-refractivity contribution >= 4 is 17.6 Å². The molecule has 0 saturated heterocycles. The van der Waals surface area contributed by atoms with Gasteiger partial charge in [0.15, 0.2) is 5.79 Å². The third-order valence-electron chi connectivity index (χ3n) is 3.14. The largest absolute Gasteiger partial charge is 0.469 e. The first kappa shape index (κ1) is 19.9. The van der Waals surface area contributed by atoms with Gasteiger partial charge in [-0.2, -0.15) is 0 Å². The Morgan fingerprint density at radius 1 is 1.24 bits per heavy atom. The summed E-state index contributed by atoms with van der Waals surface area (Å²) in [5, 5.41) is 18.1. The first-order valence-electron chi connectivity index (χ1n) is 7.11. The van der Waals surface area contributed by atoms with Crippen LogP contribution in [0.25, 0.3) is 0 Å². The van der Waals surface area contributed by atoms with Crippen LogP contribution in [0.2, 0.25) is 5.02 Å². The minimum absolute atomic E-state index is 0.169. The van der Waals surface area contributed by atoms with E-state index in [1.54, 1.807) is 13.8 Å². The van der Waals surface area contributed by atoms with Crippen molar-refractivity contribution in [2.45, 2.75) is 51.7 Å². The second-order valence-corrected chi connectivity index (χ2v) is 5.12. The van der Waals surface area contributed by atoms with Gasteiger partial charge in [0.05, 0.1) is 7.11 Å². The average molecular weight is 317 g/mol. The van der Waals surface area contributed by atoms with Crippen LogP contribution in [0.4, 0.5) is 0 Å². The Labute approximate surface area is 131 Å². The molecule has 0 saturated carbocycles. The lowest BCUT2D eigenvalue weighted by molar-refractivity contribution is -0.163. The van der Waals surface area contributed by atoms with Crippen LogP contribution in [0.1, 0.15) is 45.1 Å². The van der Waals surface area contributed by atoms with Crippen molar-refractivity contribution in [3.05, 3.63) is 34.9 Å². The summed E-state index contributed by atoms with van der Waals surface area (Å²) in [6.07, 6.45) is 2.85. The van der Waals surface area contributed by atoms with Gasteiger partial charge in [0.1, 0.15) is 0 Å². The number of carbonyl (C=O) groups excluding carboxylic acids is 1. The van der Waals surface area contributed by atoms with Crippen molar-refractivity contribution in [1.29, 1.82) is 0 Å². The van der Waals surface area contributed by atoms with Crippen molar-refractivity contribution in [3.63, 3.8) is 0 Å². The molecule has 0 aromatic heterocycles. The number of aliphatic hydroxyl groups is 2. The summed E-state index contributed by atoms with van der Waals surface area (Å²) < 4.78 is 4.55. The van der Waals surface area contributed by atoms with Crippen molar-refractivity contribution in [3.8, 4) is 0 Å². The van der Waals surface area contributed by atoms with Gasteiger partial charge in [-0.25, -0.2) is 0 Å². The van der Waals surface area contributed by atoms with Gasteiger partial charge < -0.3 is 14.9 Å². The molecule has 0 atom stereocenters. The first-order chi connectivity index (χ1) is 9.86. The van der Waals surface area contributed by atoms with E-state index in [4.69, 9.17) is 21.8 Å². The number of hydrogen-bond acceptors (Lipinski definition) is 4. The van der Waals surface area contributed by atoms with Crippen molar-refractivity contribution in [1.82, 2.24) is 0 Å². The molecule has 1 aromatic carbocycles. The zero-order valence-electron chi connectivity index (χ0n) is 12.9. The molecule has 21 heavy (non-hydrogen) atoms. The fraction of sp³-hybridized carbons (Fsp3) is 0.562. The maximum Gasteiger partial charge on any atom is 0.305 e. The van der Waals surface area contributed by atoms with E-state index in [2.05, 4.69) is 4.74 Å². The first-order valence-corrected chi connectivity index (χ1v) is 7.49. The van der Waals surface area contributed by atoms with Gasteiger partial charge in [0.2, 0.25) is 0 Å². The van der Waals surface area contributed by atoms with Crippen LogP contribution < -0.4 is 0 Å². The van der Waals surface area contributed by atoms with Gasteiger partial charge in [0.25, 0.3) is 0 Å². The Balaban J connectivity index is 0.000000486. The molecular weight excluding hydrogens is 292 g/mol. The van der Waals surface area contributed by atoms with Crippen LogP contribution in [-0.4, -0.2) is 29.1 Å². The summed E-state index contributed by atoms with van der Waals surface area (Å²) in [6, 6.07) is 7.67. The highest BCUT2D eigenvalue weighted by molar-refractivity contribution is 6.31. The lowest BCUT2D eigenvalue weighted by Gasteiger charge is -2.15. The number of ether oxygens (including phenoxy) is 1. The molecule has 0 spiro atoms. The van der Waals surface area contributed by atoms with Gasteiger partial charge in [-0.05, 0) is 37.3 Å². The van der Waals surface area contributed by atoms with Gasteiger partial charge in [0, 0.05) is 11.4 Å². The number of halogens is 1. The lowest BCUT2D eigenvalue weighted by Crippen LogP contribution is -2.24. The number of aryl methyl sites for hydroxylation is 1. The highest BCUT2D eigenvalue weighted by Crippen LogP contribution is 2.17. The van der Waals surface area contributed by atoms with Crippen molar-refractivity contribution in [2.75, 3.05) is 7.11 Å². The summed E-state index contributed by atoms with van der Waals surface area (Å²) in [7, 11) is 1.40. The number of esters is 1. The molecule has 0 aliphatic rings. The number of hydrogen-bond donors (Lipinski definition) is 2. The number of carbonyl (C=O) groups is 1. The second-order valence-electron chi connectivity index (χ2n) is 4.71. The van der Waals surface area contributed by atoms with Crippen LogP contribution >= 0.6 is 11.6 Å². The normalized spacial score (nSPS) is 10.6. The van der Waals surface area contributed by atoms with E-state index in [-0.39, 0.29) is 5.97 Å². The van der Waals surface area contributed by atoms with Crippen LogP contribution in [0.15, 0.2) is 24.3 Å². The number of rotatable bonds is 6. The summed E-state index contributed by atoms with van der Waals surface area (Å²) in [5.41, 5.74) is 1.08. The van der Waals surface area contributed by atoms with E-state index in [1.165, 1.54) is 7.11 Å². The summed E-state index contributed by atoms with van der Waals surface area (Å²) in [6.45, 7) is 3.48. The molecule has 0 heterocycles. The highest BCUT2D eigenvalue weighted by atomic mass is 35.5. The molecule has 4 nitrogen and oxygen atoms in total. The maximum absolute atomic E-state index is 10.8. The monoisotopic (exact) mass is 316 g/mol. The maximum atomic E-state index is 10.8. The van der Waals surface area contributed by atoms with Gasteiger partial charge >= 0.3 is 5.97 Å². The van der Waals surface area contributed by atoms with Crippen LogP contribution in [0.5, 0.6) is 0 Å². The standard InChI is InChI=1S/C11H13ClO2.C5H12O2/c1-14-11(13)8-4-6-9-5-2-3-7-10(9)12;1-3-5(6,7)4-2/h2-3,5,7H,4,6,8H2,1H3;6-7H,3-4H2,1-2H3. The fourth-order valence-electron chi connectivity index (χ4n) is 1.48. The summed E-state index contributed by atoms with van der Waals surface area (Å²) in [4.78, 5) is 10.8. The molecule has 1 aromatic rings. The van der Waals surface area contributed by atoms with E-state index >= 15 is 0 Å². The molecule has 120 valence electrons. The Kier molecular flexibility index (Phi) is 10.0. The van der Waals surface area contributed by atoms with E-state index in [1.807, 2.05) is 24.3 Å². The zero-order chi connectivity index (χ0) is 16.3. The Bertz CT molecular complexity index is 412. The van der Waals surface area contributed by atoms with Gasteiger partial charge in [-0.15, -0.1) is 0 Å². The molecule has 0 bridgehead atoms. The van der Waals surface area contributed by atoms with E-state index in [0.717, 1.165) is 23.4 Å². The van der Waals surface area contributed by atoms with Crippen molar-refractivity contribution < 1.29 is 19.7 Å². The third kappa shape index (κ3) is 9.45. The quantitative estimate of drug-likeness (QED) is 0.624. The zero-order valence-corrected chi connectivity index (χ0v) is 13.7. The van der Waals surface area contributed by atoms with Crippen molar-refractivity contribution in [2.24, 2.45) is 0 Å². The van der Waals surface area contributed by atoms with Crippen LogP contribution in [0, 0.1) is 0 Å². The predicted molar refractivity (Wildman–Crippen MR) is 84.2 cm³/mol. The molecule has 0 aliphatic carbocycles. The highest BCUT2D eigenvalue weighted by Gasteiger charge is 2.15. The predicted octanol–water partition coefficient (Wildman–Crippen LogP) is 3.32.